The van der Waals surface area contributed by atoms with Gasteiger partial charge in [-0.1, -0.05) is 18.9 Å². The van der Waals surface area contributed by atoms with Gasteiger partial charge in [0, 0.05) is 6.42 Å². The van der Waals surface area contributed by atoms with Crippen molar-refractivity contribution in [1.82, 2.24) is 5.32 Å². The molecule has 0 bridgehead atoms. The molecular weight excluding hydrogens is 322 g/mol. The molecule has 1 fully saturated rings. The van der Waals surface area contributed by atoms with E-state index in [1.54, 1.807) is 20.8 Å². The Morgan fingerprint density at radius 3 is 2.60 bits per heavy atom. The molecular formula is C19H29NO5. The zero-order valence-electron chi connectivity index (χ0n) is 15.9. The Kier molecular flexibility index (Phi) is 5.59. The van der Waals surface area contributed by atoms with Crippen molar-refractivity contribution in [2.24, 2.45) is 5.41 Å². The number of carbonyl (C=O) groups excluding carboxylic acids is 3. The van der Waals surface area contributed by atoms with Gasteiger partial charge in [-0.05, 0) is 57.9 Å². The number of nitrogens with one attached hydrogen (secondary N) is 1. The largest absolute Gasteiger partial charge is 0.453 e. The van der Waals surface area contributed by atoms with Gasteiger partial charge in [-0.15, -0.1) is 0 Å². The van der Waals surface area contributed by atoms with Crippen LogP contribution in [-0.4, -0.2) is 36.1 Å². The summed E-state index contributed by atoms with van der Waals surface area (Å²) >= 11 is 0. The summed E-state index contributed by atoms with van der Waals surface area (Å²) < 4.78 is 10.4. The number of alkyl carbamates (subject to hydrolysis) is 1. The van der Waals surface area contributed by atoms with Gasteiger partial charge >= 0.3 is 12.1 Å². The van der Waals surface area contributed by atoms with Crippen molar-refractivity contribution in [3.05, 3.63) is 11.1 Å². The molecule has 0 aromatic carbocycles. The first kappa shape index (κ1) is 19.5. The molecule has 1 amide bonds. The van der Waals surface area contributed by atoms with Crippen molar-refractivity contribution in [3.8, 4) is 0 Å². The van der Waals surface area contributed by atoms with Crippen molar-refractivity contribution < 1.29 is 23.9 Å². The summed E-state index contributed by atoms with van der Waals surface area (Å²) in [7, 11) is 0. The van der Waals surface area contributed by atoms with Gasteiger partial charge in [0.25, 0.3) is 0 Å². The number of Topliss-reactive ketones (excluding diaryl/α,β-unsaturated/α-hetero) is 1. The fraction of sp³-hybridized carbons (Fsp3) is 0.737. The second-order valence-electron chi connectivity index (χ2n) is 8.27. The number of amides is 1. The van der Waals surface area contributed by atoms with E-state index in [-0.39, 0.29) is 17.7 Å². The van der Waals surface area contributed by atoms with E-state index in [2.05, 4.69) is 12.2 Å². The van der Waals surface area contributed by atoms with Gasteiger partial charge in [0.15, 0.2) is 11.9 Å². The molecule has 0 aromatic rings. The molecule has 6 heteroatoms. The van der Waals surface area contributed by atoms with Gasteiger partial charge in [0.2, 0.25) is 0 Å². The summed E-state index contributed by atoms with van der Waals surface area (Å²) in [4.78, 5) is 36.2. The number of ketones is 1. The highest BCUT2D eigenvalue weighted by Gasteiger charge is 2.44. The number of allylic oxidation sites excluding steroid dienone is 1. The fourth-order valence-corrected chi connectivity index (χ4v) is 3.78. The van der Waals surface area contributed by atoms with E-state index in [0.29, 0.717) is 6.42 Å². The van der Waals surface area contributed by atoms with Gasteiger partial charge in [-0.25, -0.2) is 4.79 Å². The third-order valence-electron chi connectivity index (χ3n) is 4.93. The second kappa shape index (κ2) is 7.18. The van der Waals surface area contributed by atoms with Crippen LogP contribution >= 0.6 is 0 Å². The van der Waals surface area contributed by atoms with E-state index < -0.39 is 23.8 Å². The summed E-state index contributed by atoms with van der Waals surface area (Å²) in [5, 5.41) is 2.36. The molecule has 1 N–H and O–H groups in total. The zero-order valence-corrected chi connectivity index (χ0v) is 15.9. The minimum absolute atomic E-state index is 0.0697. The number of esters is 1. The molecule has 2 aliphatic carbocycles. The highest BCUT2D eigenvalue weighted by molar-refractivity contribution is 6.01. The predicted octanol–water partition coefficient (Wildman–Crippen LogP) is 3.29. The molecule has 2 aliphatic rings. The molecule has 0 saturated heterocycles. The molecule has 0 spiro atoms. The first-order chi connectivity index (χ1) is 11.5. The average molecular weight is 351 g/mol. The summed E-state index contributed by atoms with van der Waals surface area (Å²) in [6.45, 7) is 8.89. The molecule has 0 aromatic heterocycles. The van der Waals surface area contributed by atoms with Crippen LogP contribution in [0.5, 0.6) is 0 Å². The Hall–Kier alpha value is -1.85. The van der Waals surface area contributed by atoms with E-state index in [4.69, 9.17) is 9.47 Å². The van der Waals surface area contributed by atoms with Gasteiger partial charge in [-0.3, -0.25) is 9.59 Å². The van der Waals surface area contributed by atoms with E-state index >= 15 is 0 Å². The number of rotatable bonds is 3. The Bertz CT molecular complexity index is 601. The number of hydrogen-bond donors (Lipinski definition) is 1. The molecule has 1 unspecified atom stereocenters. The van der Waals surface area contributed by atoms with Crippen molar-refractivity contribution >= 4 is 17.8 Å². The van der Waals surface area contributed by atoms with Gasteiger partial charge < -0.3 is 14.8 Å². The number of fused-ring (bicyclic) bond motifs is 1. The highest BCUT2D eigenvalue weighted by atomic mass is 16.6. The quantitative estimate of drug-likeness (QED) is 0.789. The minimum atomic E-state index is -0.764. The van der Waals surface area contributed by atoms with E-state index in [0.717, 1.165) is 31.3 Å². The number of carbonyl (C=O) groups is 3. The molecule has 140 valence electrons. The maximum absolute atomic E-state index is 12.5. The molecule has 1 saturated carbocycles. The zero-order chi connectivity index (χ0) is 18.8. The van der Waals surface area contributed by atoms with Crippen LogP contribution in [0.25, 0.3) is 0 Å². The van der Waals surface area contributed by atoms with Crippen LogP contribution in [0.4, 0.5) is 4.79 Å². The molecule has 2 atom stereocenters. The van der Waals surface area contributed by atoms with Crippen LogP contribution in [-0.2, 0) is 19.1 Å². The average Bonchev–Trinajstić information content (AvgIpc) is 2.48. The monoisotopic (exact) mass is 351 g/mol. The maximum atomic E-state index is 12.5. The molecule has 0 heterocycles. The Balaban J connectivity index is 1.94. The maximum Gasteiger partial charge on any atom is 0.408 e. The normalized spacial score (nSPS) is 26.8. The SMILES string of the molecule is CC1=C2CCCC[C@@]2(C)CC(OC(=O)CNC(=O)OC(C)(C)C)C1=O. The van der Waals surface area contributed by atoms with E-state index in [1.165, 1.54) is 5.57 Å². The third kappa shape index (κ3) is 4.83. The first-order valence-electron chi connectivity index (χ1n) is 8.93. The summed E-state index contributed by atoms with van der Waals surface area (Å²) in [6.07, 6.45) is 3.28. The van der Waals surface area contributed by atoms with Crippen LogP contribution < -0.4 is 5.32 Å². The van der Waals surface area contributed by atoms with E-state index in [9.17, 15) is 14.4 Å². The van der Waals surface area contributed by atoms with Crippen LogP contribution in [0.1, 0.15) is 66.7 Å². The highest BCUT2D eigenvalue weighted by Crippen LogP contribution is 2.49. The van der Waals surface area contributed by atoms with Crippen LogP contribution in [0.2, 0.25) is 0 Å². The fourth-order valence-electron chi connectivity index (χ4n) is 3.78. The minimum Gasteiger partial charge on any atom is -0.453 e. The smallest absolute Gasteiger partial charge is 0.408 e. The summed E-state index contributed by atoms with van der Waals surface area (Å²) in [6, 6.07) is 0. The molecule has 25 heavy (non-hydrogen) atoms. The lowest BCUT2D eigenvalue weighted by Gasteiger charge is -2.43. The summed E-state index contributed by atoms with van der Waals surface area (Å²) in [5.74, 6) is -0.736. The van der Waals surface area contributed by atoms with Crippen molar-refractivity contribution in [2.45, 2.75) is 78.4 Å². The van der Waals surface area contributed by atoms with Crippen molar-refractivity contribution in [1.29, 1.82) is 0 Å². The molecule has 0 aliphatic heterocycles. The molecule has 6 nitrogen and oxygen atoms in total. The van der Waals surface area contributed by atoms with Crippen LogP contribution in [0.3, 0.4) is 0 Å². The molecule has 2 rings (SSSR count). The second-order valence-corrected chi connectivity index (χ2v) is 8.27. The Labute approximate surface area is 149 Å². The third-order valence-corrected chi connectivity index (χ3v) is 4.93. The standard InChI is InChI=1S/C19H29NO5/c1-12-13-8-6-7-9-19(13,5)10-14(16(12)22)24-15(21)11-20-17(23)25-18(2,3)4/h14H,6-11H2,1-5H3,(H,20,23)/t14?,19-/m0/s1. The van der Waals surface area contributed by atoms with Crippen LogP contribution in [0.15, 0.2) is 11.1 Å². The number of hydrogen-bond acceptors (Lipinski definition) is 5. The summed E-state index contributed by atoms with van der Waals surface area (Å²) in [5.41, 5.74) is 1.26. The lowest BCUT2D eigenvalue weighted by molar-refractivity contribution is -0.155. The Morgan fingerprint density at radius 2 is 1.96 bits per heavy atom. The lowest BCUT2D eigenvalue weighted by atomic mass is 9.63. The Morgan fingerprint density at radius 1 is 1.28 bits per heavy atom. The van der Waals surface area contributed by atoms with Crippen molar-refractivity contribution in [3.63, 3.8) is 0 Å². The molecule has 0 radical (unpaired) electrons. The first-order valence-corrected chi connectivity index (χ1v) is 8.93. The van der Waals surface area contributed by atoms with Gasteiger partial charge in [0.1, 0.15) is 12.1 Å². The predicted molar refractivity (Wildman–Crippen MR) is 93.0 cm³/mol. The van der Waals surface area contributed by atoms with E-state index in [1.807, 2.05) is 6.92 Å². The van der Waals surface area contributed by atoms with Gasteiger partial charge in [0.05, 0.1) is 0 Å². The topological polar surface area (TPSA) is 81.7 Å². The lowest BCUT2D eigenvalue weighted by Crippen LogP contribution is -2.43. The van der Waals surface area contributed by atoms with Crippen LogP contribution in [0, 0.1) is 5.41 Å². The number of ether oxygens (including phenoxy) is 2. The van der Waals surface area contributed by atoms with Crippen molar-refractivity contribution in [2.75, 3.05) is 6.54 Å². The van der Waals surface area contributed by atoms with Gasteiger partial charge in [-0.2, -0.15) is 0 Å².